The van der Waals surface area contributed by atoms with Gasteiger partial charge >= 0.3 is 0 Å². The molecule has 2 N–H and O–H groups in total. The van der Waals surface area contributed by atoms with E-state index in [0.29, 0.717) is 16.7 Å². The Bertz CT molecular complexity index is 608. The Morgan fingerprint density at radius 2 is 1.88 bits per heavy atom. The van der Waals surface area contributed by atoms with Crippen LogP contribution in [0, 0.1) is 0 Å². The molecule has 0 atom stereocenters. The van der Waals surface area contributed by atoms with Gasteiger partial charge in [0.25, 0.3) is 5.56 Å². The highest BCUT2D eigenvalue weighted by Gasteiger charge is 2.05. The molecule has 1 aromatic heterocycles. The highest BCUT2D eigenvalue weighted by Crippen LogP contribution is 2.17. The monoisotopic (exact) mass is 356 g/mol. The lowest BCUT2D eigenvalue weighted by Crippen LogP contribution is -2.21. The van der Waals surface area contributed by atoms with Crippen LogP contribution in [0.15, 0.2) is 50.3 Å². The second-order valence-electron chi connectivity index (χ2n) is 3.65. The van der Waals surface area contributed by atoms with E-state index in [1.165, 1.54) is 0 Å². The maximum atomic E-state index is 11.9. The van der Waals surface area contributed by atoms with Crippen LogP contribution in [0.3, 0.4) is 0 Å². The lowest BCUT2D eigenvalue weighted by molar-refractivity contribution is 0.754. The second-order valence-corrected chi connectivity index (χ2v) is 5.35. The summed E-state index contributed by atoms with van der Waals surface area (Å²) in [4.78, 5) is 11.9. The van der Waals surface area contributed by atoms with E-state index >= 15 is 0 Å². The SMILES string of the molecule is Nc1cc(Br)c(=O)n(Cc2ccccc2Br)c1. The second kappa shape index (κ2) is 5.06. The maximum absolute atomic E-state index is 11.9. The van der Waals surface area contributed by atoms with Gasteiger partial charge in [-0.2, -0.15) is 0 Å². The third-order valence-electron chi connectivity index (χ3n) is 2.36. The molecule has 2 rings (SSSR count). The van der Waals surface area contributed by atoms with E-state index in [1.54, 1.807) is 16.8 Å². The van der Waals surface area contributed by atoms with E-state index in [4.69, 9.17) is 5.73 Å². The third kappa shape index (κ3) is 2.79. The molecule has 0 amide bonds. The van der Waals surface area contributed by atoms with E-state index in [1.807, 2.05) is 24.3 Å². The zero-order chi connectivity index (χ0) is 12.4. The number of pyridine rings is 1. The summed E-state index contributed by atoms with van der Waals surface area (Å²) in [5, 5.41) is 0. The van der Waals surface area contributed by atoms with Crippen LogP contribution in [0.1, 0.15) is 5.56 Å². The van der Waals surface area contributed by atoms with Crippen LogP contribution < -0.4 is 11.3 Å². The fourth-order valence-corrected chi connectivity index (χ4v) is 2.45. The lowest BCUT2D eigenvalue weighted by atomic mass is 10.2. The summed E-state index contributed by atoms with van der Waals surface area (Å²) in [5.41, 5.74) is 7.22. The topological polar surface area (TPSA) is 48.0 Å². The highest BCUT2D eigenvalue weighted by molar-refractivity contribution is 9.10. The molecule has 88 valence electrons. The molecule has 0 fully saturated rings. The molecule has 0 bridgehead atoms. The Kier molecular flexibility index (Phi) is 3.69. The average Bonchev–Trinajstić information content (AvgIpc) is 2.28. The van der Waals surface area contributed by atoms with E-state index in [-0.39, 0.29) is 5.56 Å². The first kappa shape index (κ1) is 12.4. The van der Waals surface area contributed by atoms with Crippen LogP contribution in [0.2, 0.25) is 0 Å². The molecule has 3 nitrogen and oxygen atoms in total. The maximum Gasteiger partial charge on any atom is 0.265 e. The van der Waals surface area contributed by atoms with Crippen molar-refractivity contribution in [3.63, 3.8) is 0 Å². The van der Waals surface area contributed by atoms with Gasteiger partial charge in [0.2, 0.25) is 0 Å². The molecule has 0 unspecified atom stereocenters. The summed E-state index contributed by atoms with van der Waals surface area (Å²) in [6.07, 6.45) is 1.65. The van der Waals surface area contributed by atoms with E-state index in [2.05, 4.69) is 31.9 Å². The molecular formula is C12H10Br2N2O. The number of hydrogen-bond acceptors (Lipinski definition) is 2. The van der Waals surface area contributed by atoms with Gasteiger partial charge in [-0.3, -0.25) is 4.79 Å². The summed E-state index contributed by atoms with van der Waals surface area (Å²) in [6.45, 7) is 0.490. The van der Waals surface area contributed by atoms with E-state index in [0.717, 1.165) is 10.0 Å². The number of rotatable bonds is 2. The minimum absolute atomic E-state index is 0.0880. The fraction of sp³-hybridized carbons (Fsp3) is 0.0833. The highest BCUT2D eigenvalue weighted by atomic mass is 79.9. The van der Waals surface area contributed by atoms with Gasteiger partial charge in [0.15, 0.2) is 0 Å². The van der Waals surface area contributed by atoms with Gasteiger partial charge in [0, 0.05) is 16.4 Å². The largest absolute Gasteiger partial charge is 0.398 e. The normalized spacial score (nSPS) is 10.5. The molecule has 0 aliphatic heterocycles. The molecule has 2 aromatic rings. The van der Waals surface area contributed by atoms with E-state index < -0.39 is 0 Å². The van der Waals surface area contributed by atoms with Crippen molar-refractivity contribution in [2.24, 2.45) is 0 Å². The van der Waals surface area contributed by atoms with Crippen LogP contribution >= 0.6 is 31.9 Å². The molecule has 17 heavy (non-hydrogen) atoms. The summed E-state index contributed by atoms with van der Waals surface area (Å²) in [5.74, 6) is 0. The average molecular weight is 358 g/mol. The van der Waals surface area contributed by atoms with Crippen LogP contribution in [0.5, 0.6) is 0 Å². The first-order valence-corrected chi connectivity index (χ1v) is 6.55. The van der Waals surface area contributed by atoms with Gasteiger partial charge in [-0.25, -0.2) is 0 Å². The van der Waals surface area contributed by atoms with Crippen molar-refractivity contribution < 1.29 is 0 Å². The number of hydrogen-bond donors (Lipinski definition) is 1. The Hall–Kier alpha value is -1.07. The van der Waals surface area contributed by atoms with Crippen molar-refractivity contribution in [2.45, 2.75) is 6.54 Å². The Morgan fingerprint density at radius 3 is 2.59 bits per heavy atom. The zero-order valence-electron chi connectivity index (χ0n) is 8.86. The van der Waals surface area contributed by atoms with Crippen molar-refractivity contribution in [1.29, 1.82) is 0 Å². The summed E-state index contributed by atoms with van der Waals surface area (Å²) in [7, 11) is 0. The Morgan fingerprint density at radius 1 is 1.18 bits per heavy atom. The molecule has 0 aliphatic rings. The molecule has 0 spiro atoms. The van der Waals surface area contributed by atoms with Gasteiger partial charge < -0.3 is 10.3 Å². The number of anilines is 1. The Labute approximate surface area is 116 Å². The van der Waals surface area contributed by atoms with Crippen molar-refractivity contribution in [1.82, 2.24) is 4.57 Å². The van der Waals surface area contributed by atoms with Crippen LogP contribution in [0.4, 0.5) is 5.69 Å². The Balaban J connectivity index is 2.44. The summed E-state index contributed by atoms with van der Waals surface area (Å²) < 4.78 is 3.04. The number of nitrogens with zero attached hydrogens (tertiary/aromatic N) is 1. The molecule has 0 saturated heterocycles. The third-order valence-corrected chi connectivity index (χ3v) is 3.70. The number of benzene rings is 1. The molecule has 5 heteroatoms. The standard InChI is InChI=1S/C12H10Br2N2O/c13-10-4-2-1-3-8(10)6-16-7-9(15)5-11(14)12(16)17/h1-5,7H,6,15H2. The van der Waals surface area contributed by atoms with Crippen molar-refractivity contribution >= 4 is 37.5 Å². The summed E-state index contributed by atoms with van der Waals surface area (Å²) >= 11 is 6.66. The van der Waals surface area contributed by atoms with E-state index in [9.17, 15) is 4.79 Å². The van der Waals surface area contributed by atoms with Crippen molar-refractivity contribution in [2.75, 3.05) is 5.73 Å². The quantitative estimate of drug-likeness (QED) is 0.898. The van der Waals surface area contributed by atoms with Crippen LogP contribution in [0.25, 0.3) is 0 Å². The molecular weight excluding hydrogens is 348 g/mol. The molecule has 0 saturated carbocycles. The van der Waals surface area contributed by atoms with Gasteiger partial charge in [-0.1, -0.05) is 34.1 Å². The number of nitrogen functional groups attached to an aromatic ring is 1. The van der Waals surface area contributed by atoms with Gasteiger partial charge in [0.05, 0.1) is 11.0 Å². The van der Waals surface area contributed by atoms with Gasteiger partial charge in [-0.05, 0) is 33.6 Å². The minimum Gasteiger partial charge on any atom is -0.398 e. The van der Waals surface area contributed by atoms with Gasteiger partial charge in [0.1, 0.15) is 0 Å². The molecule has 1 aromatic carbocycles. The summed E-state index contributed by atoms with van der Waals surface area (Å²) in [6, 6.07) is 9.40. The molecule has 0 radical (unpaired) electrons. The molecule has 1 heterocycles. The predicted octanol–water partition coefficient (Wildman–Crippen LogP) is 3.00. The first-order valence-electron chi connectivity index (χ1n) is 4.97. The predicted molar refractivity (Wildman–Crippen MR) is 76.1 cm³/mol. The van der Waals surface area contributed by atoms with Crippen LogP contribution in [-0.4, -0.2) is 4.57 Å². The number of nitrogens with two attached hydrogens (primary N) is 1. The fourth-order valence-electron chi connectivity index (χ4n) is 1.55. The minimum atomic E-state index is -0.0880. The van der Waals surface area contributed by atoms with Crippen LogP contribution in [-0.2, 0) is 6.54 Å². The molecule has 0 aliphatic carbocycles. The number of halogens is 2. The smallest absolute Gasteiger partial charge is 0.265 e. The van der Waals surface area contributed by atoms with Crippen molar-refractivity contribution in [3.05, 3.63) is 61.4 Å². The van der Waals surface area contributed by atoms with Gasteiger partial charge in [-0.15, -0.1) is 0 Å². The number of aromatic nitrogens is 1. The first-order chi connectivity index (χ1) is 8.08. The lowest BCUT2D eigenvalue weighted by Gasteiger charge is -2.09. The van der Waals surface area contributed by atoms with Crippen molar-refractivity contribution in [3.8, 4) is 0 Å². The zero-order valence-corrected chi connectivity index (χ0v) is 12.0.